The molecule has 1 unspecified atom stereocenters. The summed E-state index contributed by atoms with van der Waals surface area (Å²) in [6, 6.07) is 5.34. The smallest absolute Gasteiger partial charge is 0.124 e. The van der Waals surface area contributed by atoms with E-state index in [9.17, 15) is 4.39 Å². The Morgan fingerprint density at radius 1 is 1.44 bits per heavy atom. The summed E-state index contributed by atoms with van der Waals surface area (Å²) in [5.74, 6) is -0.199. The molecule has 1 rings (SSSR count). The van der Waals surface area contributed by atoms with Gasteiger partial charge in [-0.3, -0.25) is 0 Å². The van der Waals surface area contributed by atoms with Gasteiger partial charge in [-0.15, -0.1) is 0 Å². The number of halogens is 2. The van der Waals surface area contributed by atoms with Crippen molar-refractivity contribution in [3.8, 4) is 0 Å². The number of rotatable bonds is 6. The highest BCUT2D eigenvalue weighted by molar-refractivity contribution is 9.10. The minimum absolute atomic E-state index is 0.199. The molecule has 0 aliphatic rings. The molecule has 90 valence electrons. The maximum Gasteiger partial charge on any atom is 0.124 e. The summed E-state index contributed by atoms with van der Waals surface area (Å²) < 4.78 is 13.7. The summed E-state index contributed by atoms with van der Waals surface area (Å²) in [6.07, 6.45) is 3.67. The van der Waals surface area contributed by atoms with Crippen LogP contribution in [0.15, 0.2) is 22.7 Å². The highest BCUT2D eigenvalue weighted by Crippen LogP contribution is 2.18. The van der Waals surface area contributed by atoms with Crippen LogP contribution in [0.2, 0.25) is 0 Å². The molecule has 0 heterocycles. The van der Waals surface area contributed by atoms with Crippen LogP contribution in [-0.4, -0.2) is 6.04 Å². The molecule has 0 aliphatic heterocycles. The normalized spacial score (nSPS) is 12.8. The van der Waals surface area contributed by atoms with Crippen molar-refractivity contribution < 1.29 is 4.39 Å². The number of hydrogen-bond donors (Lipinski definition) is 1. The molecular weight excluding hydrogens is 269 g/mol. The van der Waals surface area contributed by atoms with Crippen LogP contribution in [0.4, 0.5) is 4.39 Å². The summed E-state index contributed by atoms with van der Waals surface area (Å²) in [5, 5.41) is 3.44. The van der Waals surface area contributed by atoms with Crippen LogP contribution < -0.4 is 5.32 Å². The molecule has 0 spiro atoms. The fourth-order valence-electron chi connectivity index (χ4n) is 1.56. The van der Waals surface area contributed by atoms with Crippen molar-refractivity contribution in [3.05, 3.63) is 34.1 Å². The second-order valence-electron chi connectivity index (χ2n) is 4.16. The summed E-state index contributed by atoms with van der Waals surface area (Å²) in [4.78, 5) is 0. The lowest BCUT2D eigenvalue weighted by molar-refractivity contribution is 0.494. The summed E-state index contributed by atoms with van der Waals surface area (Å²) in [7, 11) is 0. The Morgan fingerprint density at radius 3 is 2.81 bits per heavy atom. The summed E-state index contributed by atoms with van der Waals surface area (Å²) in [6.45, 7) is 5.17. The number of benzene rings is 1. The molecule has 1 N–H and O–H groups in total. The third-order valence-electron chi connectivity index (χ3n) is 2.65. The minimum Gasteiger partial charge on any atom is -0.310 e. The Morgan fingerprint density at radius 2 is 2.19 bits per heavy atom. The fourth-order valence-corrected chi connectivity index (χ4v) is 2.05. The molecule has 0 saturated carbocycles. The van der Waals surface area contributed by atoms with Gasteiger partial charge in [0.2, 0.25) is 0 Å². The molecule has 16 heavy (non-hydrogen) atoms. The third-order valence-corrected chi connectivity index (χ3v) is 3.38. The maximum atomic E-state index is 12.9. The van der Waals surface area contributed by atoms with Crippen LogP contribution in [0.3, 0.4) is 0 Å². The van der Waals surface area contributed by atoms with E-state index in [2.05, 4.69) is 35.1 Å². The largest absolute Gasteiger partial charge is 0.310 e. The Hall–Kier alpha value is -0.410. The lowest BCUT2D eigenvalue weighted by atomic mass is 10.1. The third kappa shape index (κ3) is 4.62. The predicted molar refractivity (Wildman–Crippen MR) is 69.9 cm³/mol. The molecule has 1 aromatic carbocycles. The van der Waals surface area contributed by atoms with E-state index in [0.717, 1.165) is 16.6 Å². The maximum absolute atomic E-state index is 12.9. The molecule has 1 nitrogen and oxygen atoms in total. The Labute approximate surface area is 106 Å². The standard InChI is InChI=1S/C13H19BrFN/c1-3-4-5-10(2)16-9-11-6-7-12(15)8-13(11)14/h6-8,10,16H,3-5,9H2,1-2H3. The zero-order valence-electron chi connectivity index (χ0n) is 9.89. The molecular formula is C13H19BrFN. The monoisotopic (exact) mass is 287 g/mol. The van der Waals surface area contributed by atoms with Crippen molar-refractivity contribution in [3.63, 3.8) is 0 Å². The van der Waals surface area contributed by atoms with E-state index in [-0.39, 0.29) is 5.82 Å². The van der Waals surface area contributed by atoms with Crippen molar-refractivity contribution >= 4 is 15.9 Å². The van der Waals surface area contributed by atoms with E-state index in [1.807, 2.05) is 6.07 Å². The Bertz CT molecular complexity index is 328. The number of unbranched alkanes of at least 4 members (excludes halogenated alkanes) is 1. The van der Waals surface area contributed by atoms with Crippen molar-refractivity contribution in [1.29, 1.82) is 0 Å². The molecule has 0 radical (unpaired) electrons. The summed E-state index contributed by atoms with van der Waals surface area (Å²) in [5.41, 5.74) is 1.10. The zero-order valence-corrected chi connectivity index (χ0v) is 11.5. The van der Waals surface area contributed by atoms with Crippen LogP contribution >= 0.6 is 15.9 Å². The Kier molecular flexibility index (Phi) is 5.99. The van der Waals surface area contributed by atoms with E-state index in [1.54, 1.807) is 0 Å². The van der Waals surface area contributed by atoms with Crippen LogP contribution in [0.25, 0.3) is 0 Å². The lowest BCUT2D eigenvalue weighted by Crippen LogP contribution is -2.25. The topological polar surface area (TPSA) is 12.0 Å². The zero-order chi connectivity index (χ0) is 12.0. The lowest BCUT2D eigenvalue weighted by Gasteiger charge is -2.14. The first kappa shape index (κ1) is 13.7. The van der Waals surface area contributed by atoms with Gasteiger partial charge >= 0.3 is 0 Å². The van der Waals surface area contributed by atoms with Crippen LogP contribution in [0.1, 0.15) is 38.7 Å². The average molecular weight is 288 g/mol. The number of nitrogens with one attached hydrogen (secondary N) is 1. The fraction of sp³-hybridized carbons (Fsp3) is 0.538. The Balaban J connectivity index is 2.42. The van der Waals surface area contributed by atoms with Gasteiger partial charge in [-0.25, -0.2) is 4.39 Å². The van der Waals surface area contributed by atoms with Gasteiger partial charge < -0.3 is 5.32 Å². The first-order valence-electron chi connectivity index (χ1n) is 5.80. The van der Waals surface area contributed by atoms with Gasteiger partial charge in [0.15, 0.2) is 0 Å². The number of hydrogen-bond acceptors (Lipinski definition) is 1. The van der Waals surface area contributed by atoms with Crippen molar-refractivity contribution in [2.75, 3.05) is 0 Å². The van der Waals surface area contributed by atoms with E-state index < -0.39 is 0 Å². The van der Waals surface area contributed by atoms with Gasteiger partial charge in [0.05, 0.1) is 0 Å². The highest BCUT2D eigenvalue weighted by atomic mass is 79.9. The quantitative estimate of drug-likeness (QED) is 0.825. The molecule has 1 atom stereocenters. The first-order chi connectivity index (χ1) is 7.63. The second kappa shape index (κ2) is 7.02. The van der Waals surface area contributed by atoms with Gasteiger partial charge in [-0.05, 0) is 31.0 Å². The van der Waals surface area contributed by atoms with Gasteiger partial charge in [0.25, 0.3) is 0 Å². The van der Waals surface area contributed by atoms with Crippen LogP contribution in [0, 0.1) is 5.82 Å². The summed E-state index contributed by atoms with van der Waals surface area (Å²) >= 11 is 3.37. The van der Waals surface area contributed by atoms with Gasteiger partial charge in [0, 0.05) is 17.1 Å². The van der Waals surface area contributed by atoms with Crippen molar-refractivity contribution in [2.24, 2.45) is 0 Å². The molecule has 0 aromatic heterocycles. The molecule has 0 saturated heterocycles. The SMILES string of the molecule is CCCCC(C)NCc1ccc(F)cc1Br. The second-order valence-corrected chi connectivity index (χ2v) is 5.01. The van der Waals surface area contributed by atoms with E-state index in [0.29, 0.717) is 6.04 Å². The molecule has 0 amide bonds. The van der Waals surface area contributed by atoms with Gasteiger partial charge in [-0.2, -0.15) is 0 Å². The minimum atomic E-state index is -0.199. The molecule has 0 bridgehead atoms. The van der Waals surface area contributed by atoms with E-state index in [1.165, 1.54) is 31.4 Å². The van der Waals surface area contributed by atoms with Gasteiger partial charge in [-0.1, -0.05) is 41.8 Å². The van der Waals surface area contributed by atoms with Crippen molar-refractivity contribution in [2.45, 2.75) is 45.7 Å². The average Bonchev–Trinajstić information content (AvgIpc) is 2.25. The van der Waals surface area contributed by atoms with E-state index in [4.69, 9.17) is 0 Å². The van der Waals surface area contributed by atoms with Crippen LogP contribution in [0.5, 0.6) is 0 Å². The van der Waals surface area contributed by atoms with Crippen molar-refractivity contribution in [1.82, 2.24) is 5.32 Å². The predicted octanol–water partition coefficient (Wildman–Crippen LogP) is 4.26. The van der Waals surface area contributed by atoms with Crippen LogP contribution in [-0.2, 0) is 6.54 Å². The molecule has 0 aliphatic carbocycles. The molecule has 3 heteroatoms. The van der Waals surface area contributed by atoms with Gasteiger partial charge in [0.1, 0.15) is 5.82 Å². The van der Waals surface area contributed by atoms with E-state index >= 15 is 0 Å². The first-order valence-corrected chi connectivity index (χ1v) is 6.60. The molecule has 0 fully saturated rings. The highest BCUT2D eigenvalue weighted by Gasteiger charge is 2.04. The molecule has 1 aromatic rings.